The maximum atomic E-state index is 12.5. The predicted molar refractivity (Wildman–Crippen MR) is 154 cm³/mol. The topological polar surface area (TPSA) is 132 Å². The third-order valence-corrected chi connectivity index (χ3v) is 7.02. The van der Waals surface area contributed by atoms with Gasteiger partial charge in [-0.1, -0.05) is 18.2 Å². The fourth-order valence-electron chi connectivity index (χ4n) is 3.59. The average Bonchev–Trinajstić information content (AvgIpc) is 2.99. The van der Waals surface area contributed by atoms with Crippen molar-refractivity contribution in [2.24, 2.45) is 5.10 Å². The summed E-state index contributed by atoms with van der Waals surface area (Å²) in [5.41, 5.74) is 3.93. The van der Waals surface area contributed by atoms with Crippen LogP contribution in [-0.2, 0) is 10.0 Å². The lowest BCUT2D eigenvalue weighted by Gasteiger charge is -2.10. The van der Waals surface area contributed by atoms with Crippen molar-refractivity contribution in [2.75, 3.05) is 18.4 Å². The maximum absolute atomic E-state index is 12.5. The fourth-order valence-corrected chi connectivity index (χ4v) is 4.67. The zero-order valence-corrected chi connectivity index (χ0v) is 23.1. The van der Waals surface area contributed by atoms with Crippen LogP contribution in [0.4, 0.5) is 5.69 Å². The van der Waals surface area contributed by atoms with Crippen molar-refractivity contribution in [3.05, 3.63) is 114 Å². The van der Waals surface area contributed by atoms with Crippen LogP contribution in [0.1, 0.15) is 33.2 Å². The SMILES string of the molecule is CCOc1ccc(C(=O)Oc2ccc(/C=N\NC(=O)c3ccc(NS(=O)(=O)c4ccccc4)cc3)cc2OC)cc1. The first-order valence-corrected chi connectivity index (χ1v) is 13.9. The molecule has 0 unspecified atom stereocenters. The zero-order chi connectivity index (χ0) is 29.2. The van der Waals surface area contributed by atoms with Crippen LogP contribution in [0.15, 0.2) is 107 Å². The van der Waals surface area contributed by atoms with Gasteiger partial charge in [-0.3, -0.25) is 9.52 Å². The first kappa shape index (κ1) is 28.8. The van der Waals surface area contributed by atoms with Gasteiger partial charge in [0.2, 0.25) is 0 Å². The second-order valence-corrected chi connectivity index (χ2v) is 10.1. The normalized spacial score (nSPS) is 11.1. The van der Waals surface area contributed by atoms with Crippen molar-refractivity contribution in [1.82, 2.24) is 5.43 Å². The van der Waals surface area contributed by atoms with Gasteiger partial charge in [0.25, 0.3) is 15.9 Å². The maximum Gasteiger partial charge on any atom is 0.343 e. The van der Waals surface area contributed by atoms with Gasteiger partial charge in [-0.2, -0.15) is 5.10 Å². The lowest BCUT2D eigenvalue weighted by Crippen LogP contribution is -2.18. The molecule has 0 spiro atoms. The average molecular weight is 574 g/mol. The number of carbonyl (C=O) groups is 2. The lowest BCUT2D eigenvalue weighted by atomic mass is 10.2. The molecule has 4 aromatic carbocycles. The number of esters is 1. The molecule has 4 rings (SSSR count). The summed E-state index contributed by atoms with van der Waals surface area (Å²) in [5, 5.41) is 3.97. The first-order valence-electron chi connectivity index (χ1n) is 12.4. The van der Waals surface area contributed by atoms with E-state index in [0.29, 0.717) is 34.9 Å². The molecule has 11 heteroatoms. The summed E-state index contributed by atoms with van der Waals surface area (Å²) in [5.74, 6) is 0.120. The predicted octanol–water partition coefficient (Wildman–Crippen LogP) is 4.88. The molecular formula is C30H27N3O7S. The molecule has 0 aliphatic heterocycles. The number of hydrazone groups is 1. The van der Waals surface area contributed by atoms with Crippen LogP contribution in [0.25, 0.3) is 0 Å². The molecule has 0 aliphatic rings. The minimum atomic E-state index is -3.74. The molecule has 0 saturated carbocycles. The quantitative estimate of drug-likeness (QED) is 0.113. The molecule has 210 valence electrons. The van der Waals surface area contributed by atoms with Crippen LogP contribution in [-0.4, -0.2) is 40.2 Å². The summed E-state index contributed by atoms with van der Waals surface area (Å²) in [7, 11) is -2.30. The molecule has 0 aromatic heterocycles. The van der Waals surface area contributed by atoms with Crippen molar-refractivity contribution < 1.29 is 32.2 Å². The van der Waals surface area contributed by atoms with Crippen LogP contribution < -0.4 is 24.4 Å². The second kappa shape index (κ2) is 13.3. The molecule has 10 nitrogen and oxygen atoms in total. The Balaban J connectivity index is 1.34. The first-order chi connectivity index (χ1) is 19.8. The minimum absolute atomic E-state index is 0.131. The molecule has 0 fully saturated rings. The molecule has 1 amide bonds. The van der Waals surface area contributed by atoms with Crippen LogP contribution in [0.3, 0.4) is 0 Å². The number of carbonyl (C=O) groups excluding carboxylic acids is 2. The molecule has 2 N–H and O–H groups in total. The van der Waals surface area contributed by atoms with E-state index in [1.807, 2.05) is 6.92 Å². The molecule has 0 aliphatic carbocycles. The van der Waals surface area contributed by atoms with E-state index in [1.54, 1.807) is 60.7 Å². The molecule has 4 aromatic rings. The molecular weight excluding hydrogens is 546 g/mol. The number of rotatable bonds is 11. The highest BCUT2D eigenvalue weighted by Gasteiger charge is 2.15. The van der Waals surface area contributed by atoms with Crippen LogP contribution in [0.2, 0.25) is 0 Å². The van der Waals surface area contributed by atoms with E-state index in [0.717, 1.165) is 0 Å². The third kappa shape index (κ3) is 7.70. The molecule has 0 atom stereocenters. The number of amides is 1. The van der Waals surface area contributed by atoms with Gasteiger partial charge in [0, 0.05) is 11.3 Å². The van der Waals surface area contributed by atoms with Gasteiger partial charge in [-0.15, -0.1) is 0 Å². The Bertz CT molecular complexity index is 1640. The van der Waals surface area contributed by atoms with Gasteiger partial charge >= 0.3 is 5.97 Å². The highest BCUT2D eigenvalue weighted by atomic mass is 32.2. The van der Waals surface area contributed by atoms with Gasteiger partial charge in [0.15, 0.2) is 11.5 Å². The molecule has 0 radical (unpaired) electrons. The van der Waals surface area contributed by atoms with E-state index in [2.05, 4.69) is 15.2 Å². The van der Waals surface area contributed by atoms with Gasteiger partial charge in [0.1, 0.15) is 5.75 Å². The lowest BCUT2D eigenvalue weighted by molar-refractivity contribution is 0.0729. The van der Waals surface area contributed by atoms with Gasteiger partial charge < -0.3 is 14.2 Å². The van der Waals surface area contributed by atoms with Crippen LogP contribution in [0.5, 0.6) is 17.2 Å². The Hall–Kier alpha value is -5.16. The number of methoxy groups -OCH3 is 1. The van der Waals surface area contributed by atoms with Crippen molar-refractivity contribution in [2.45, 2.75) is 11.8 Å². The van der Waals surface area contributed by atoms with Crippen molar-refractivity contribution >= 4 is 33.8 Å². The Morgan fingerprint density at radius 1 is 0.854 bits per heavy atom. The Kier molecular flexibility index (Phi) is 9.33. The number of hydrogen-bond acceptors (Lipinski definition) is 8. The summed E-state index contributed by atoms with van der Waals surface area (Å²) in [4.78, 5) is 25.2. The Morgan fingerprint density at radius 2 is 1.54 bits per heavy atom. The van der Waals surface area contributed by atoms with E-state index in [4.69, 9.17) is 14.2 Å². The second-order valence-electron chi connectivity index (χ2n) is 8.45. The van der Waals surface area contributed by atoms with Crippen molar-refractivity contribution in [1.29, 1.82) is 0 Å². The van der Waals surface area contributed by atoms with Crippen molar-refractivity contribution in [3.63, 3.8) is 0 Å². The summed E-state index contributed by atoms with van der Waals surface area (Å²) < 4.78 is 43.6. The highest BCUT2D eigenvalue weighted by Crippen LogP contribution is 2.28. The fraction of sp³-hybridized carbons (Fsp3) is 0.100. The Morgan fingerprint density at radius 3 is 2.20 bits per heavy atom. The van der Waals surface area contributed by atoms with E-state index in [-0.39, 0.29) is 16.2 Å². The third-order valence-electron chi connectivity index (χ3n) is 5.62. The van der Waals surface area contributed by atoms with E-state index in [1.165, 1.54) is 49.7 Å². The van der Waals surface area contributed by atoms with E-state index < -0.39 is 21.9 Å². The van der Waals surface area contributed by atoms with Gasteiger partial charge in [-0.05, 0) is 91.3 Å². The summed E-state index contributed by atoms with van der Waals surface area (Å²) in [6.07, 6.45) is 1.40. The number of hydrogen-bond donors (Lipinski definition) is 2. The van der Waals surface area contributed by atoms with Crippen LogP contribution >= 0.6 is 0 Å². The Labute approximate surface area is 237 Å². The molecule has 41 heavy (non-hydrogen) atoms. The largest absolute Gasteiger partial charge is 0.494 e. The van der Waals surface area contributed by atoms with E-state index in [9.17, 15) is 18.0 Å². The highest BCUT2D eigenvalue weighted by molar-refractivity contribution is 7.92. The summed E-state index contributed by atoms with van der Waals surface area (Å²) in [6.45, 7) is 2.40. The zero-order valence-electron chi connectivity index (χ0n) is 22.2. The van der Waals surface area contributed by atoms with Crippen molar-refractivity contribution in [3.8, 4) is 17.2 Å². The monoisotopic (exact) mass is 573 g/mol. The van der Waals surface area contributed by atoms with Crippen LogP contribution in [0, 0.1) is 0 Å². The molecule has 0 heterocycles. The summed E-state index contributed by atoms with van der Waals surface area (Å²) in [6, 6.07) is 25.3. The summed E-state index contributed by atoms with van der Waals surface area (Å²) >= 11 is 0. The standard InChI is InChI=1S/C30H27N3O7S/c1-3-39-25-16-12-23(13-17-25)30(35)40-27-18-9-21(19-28(27)38-2)20-31-32-29(34)22-10-14-24(15-11-22)33-41(36,37)26-7-5-4-6-8-26/h4-20,33H,3H2,1-2H3,(H,32,34)/b31-20-. The van der Waals surface area contributed by atoms with E-state index >= 15 is 0 Å². The number of nitrogens with zero attached hydrogens (tertiary/aromatic N) is 1. The minimum Gasteiger partial charge on any atom is -0.494 e. The number of sulfonamides is 1. The van der Waals surface area contributed by atoms with Gasteiger partial charge in [-0.25, -0.2) is 18.6 Å². The number of benzene rings is 4. The molecule has 0 bridgehead atoms. The number of anilines is 1. The number of ether oxygens (including phenoxy) is 3. The van der Waals surface area contributed by atoms with Gasteiger partial charge in [0.05, 0.1) is 30.4 Å². The molecule has 0 saturated heterocycles. The smallest absolute Gasteiger partial charge is 0.343 e. The number of nitrogens with one attached hydrogen (secondary N) is 2.